The molecule has 5 heteroatoms. The Morgan fingerprint density at radius 2 is 1.64 bits per heavy atom. The van der Waals surface area contributed by atoms with Crippen LogP contribution >= 0.6 is 0 Å². The molecular formula is C17H22N2O2S. The maximum absolute atomic E-state index is 12.2. The van der Waals surface area contributed by atoms with Crippen LogP contribution in [-0.4, -0.2) is 21.0 Å². The average Bonchev–Trinajstić information content (AvgIpc) is 2.48. The molecule has 0 heterocycles. The van der Waals surface area contributed by atoms with Crippen molar-refractivity contribution in [2.75, 3.05) is 6.54 Å². The summed E-state index contributed by atoms with van der Waals surface area (Å²) in [4.78, 5) is 0.299. The van der Waals surface area contributed by atoms with Crippen molar-refractivity contribution in [3.63, 3.8) is 0 Å². The molecule has 4 nitrogen and oxygen atoms in total. The summed E-state index contributed by atoms with van der Waals surface area (Å²) in [6, 6.07) is 16.7. The van der Waals surface area contributed by atoms with Gasteiger partial charge in [0, 0.05) is 19.1 Å². The summed E-state index contributed by atoms with van der Waals surface area (Å²) in [5, 5.41) is 3.26. The Morgan fingerprint density at radius 1 is 1.00 bits per heavy atom. The zero-order valence-corrected chi connectivity index (χ0v) is 13.7. The maximum atomic E-state index is 12.2. The van der Waals surface area contributed by atoms with E-state index in [-0.39, 0.29) is 6.04 Å². The first-order chi connectivity index (χ1) is 10.5. The third-order valence-electron chi connectivity index (χ3n) is 3.31. The summed E-state index contributed by atoms with van der Waals surface area (Å²) < 4.78 is 27.2. The van der Waals surface area contributed by atoms with Crippen molar-refractivity contribution in [2.24, 2.45) is 0 Å². The van der Waals surface area contributed by atoms with E-state index in [0.717, 1.165) is 12.1 Å². The molecule has 118 valence electrons. The highest BCUT2D eigenvalue weighted by atomic mass is 32.2. The summed E-state index contributed by atoms with van der Waals surface area (Å²) in [5.74, 6) is 0. The molecule has 0 saturated carbocycles. The number of nitrogens with one attached hydrogen (secondary N) is 2. The van der Waals surface area contributed by atoms with Crippen molar-refractivity contribution in [3.8, 4) is 0 Å². The van der Waals surface area contributed by atoms with Crippen LogP contribution in [0.4, 0.5) is 0 Å². The summed E-state index contributed by atoms with van der Waals surface area (Å²) in [6.07, 6.45) is 0. The Kier molecular flexibility index (Phi) is 5.71. The van der Waals surface area contributed by atoms with Gasteiger partial charge in [0.05, 0.1) is 4.90 Å². The van der Waals surface area contributed by atoms with E-state index in [0.29, 0.717) is 11.4 Å². The lowest BCUT2D eigenvalue weighted by molar-refractivity contribution is 0.536. The molecule has 0 unspecified atom stereocenters. The fraction of sp³-hybridized carbons (Fsp3) is 0.294. The normalized spacial score (nSPS) is 13.0. The van der Waals surface area contributed by atoms with Gasteiger partial charge in [0.15, 0.2) is 0 Å². The number of rotatable bonds is 7. The molecule has 0 aliphatic rings. The van der Waals surface area contributed by atoms with Crippen molar-refractivity contribution in [3.05, 3.63) is 65.7 Å². The van der Waals surface area contributed by atoms with Gasteiger partial charge in [-0.3, -0.25) is 0 Å². The molecule has 2 N–H and O–H groups in total. The molecule has 0 aliphatic heterocycles. The predicted molar refractivity (Wildman–Crippen MR) is 89.1 cm³/mol. The number of benzene rings is 2. The van der Waals surface area contributed by atoms with E-state index in [1.54, 1.807) is 24.3 Å². The second kappa shape index (κ2) is 7.54. The third-order valence-corrected chi connectivity index (χ3v) is 4.92. The second-order valence-electron chi connectivity index (χ2n) is 5.45. The summed E-state index contributed by atoms with van der Waals surface area (Å²) in [7, 11) is -3.46. The van der Waals surface area contributed by atoms with Crippen LogP contribution in [0, 0.1) is 6.92 Å². The molecule has 2 rings (SSSR count). The zero-order valence-electron chi connectivity index (χ0n) is 12.9. The highest BCUT2D eigenvalue weighted by Crippen LogP contribution is 2.10. The molecule has 1 atom stereocenters. The summed E-state index contributed by atoms with van der Waals surface area (Å²) in [5.41, 5.74) is 2.22. The van der Waals surface area contributed by atoms with Gasteiger partial charge in [-0.15, -0.1) is 0 Å². The fourth-order valence-electron chi connectivity index (χ4n) is 2.12. The van der Waals surface area contributed by atoms with Crippen LogP contribution in [0.2, 0.25) is 0 Å². The van der Waals surface area contributed by atoms with E-state index in [2.05, 4.69) is 10.0 Å². The molecule has 2 aromatic carbocycles. The van der Waals surface area contributed by atoms with Gasteiger partial charge < -0.3 is 5.32 Å². The fourth-order valence-corrected chi connectivity index (χ4v) is 3.36. The van der Waals surface area contributed by atoms with E-state index in [1.165, 1.54) is 5.56 Å². The van der Waals surface area contributed by atoms with Crippen LogP contribution in [0.25, 0.3) is 0 Å². The van der Waals surface area contributed by atoms with Gasteiger partial charge in [-0.05, 0) is 31.5 Å². The topological polar surface area (TPSA) is 58.2 Å². The third kappa shape index (κ3) is 4.94. The smallest absolute Gasteiger partial charge is 0.240 e. The monoisotopic (exact) mass is 318 g/mol. The largest absolute Gasteiger partial charge is 0.311 e. The van der Waals surface area contributed by atoms with Crippen LogP contribution in [0.5, 0.6) is 0 Å². The van der Waals surface area contributed by atoms with Crippen molar-refractivity contribution in [2.45, 2.75) is 31.3 Å². The average molecular weight is 318 g/mol. The van der Waals surface area contributed by atoms with Crippen molar-refractivity contribution in [1.82, 2.24) is 10.0 Å². The first kappa shape index (κ1) is 16.7. The molecule has 2 aromatic rings. The first-order valence-electron chi connectivity index (χ1n) is 7.31. The number of hydrogen-bond acceptors (Lipinski definition) is 3. The zero-order chi connectivity index (χ0) is 16.0. The van der Waals surface area contributed by atoms with Crippen LogP contribution in [-0.2, 0) is 16.6 Å². The lowest BCUT2D eigenvalue weighted by Gasteiger charge is -2.15. The molecule has 22 heavy (non-hydrogen) atoms. The standard InChI is InChI=1S/C17H22N2O2S/c1-14-8-10-17(11-9-14)22(20,21)19-15(2)12-18-13-16-6-4-3-5-7-16/h3-11,15,18-19H,12-13H2,1-2H3/t15-/m0/s1. The van der Waals surface area contributed by atoms with Gasteiger partial charge >= 0.3 is 0 Å². The number of sulfonamides is 1. The van der Waals surface area contributed by atoms with E-state index in [9.17, 15) is 8.42 Å². The second-order valence-corrected chi connectivity index (χ2v) is 7.17. The Hall–Kier alpha value is -1.69. The molecule has 0 radical (unpaired) electrons. The molecule has 0 aromatic heterocycles. The molecule has 0 fully saturated rings. The molecular weight excluding hydrogens is 296 g/mol. The highest BCUT2D eigenvalue weighted by Gasteiger charge is 2.16. The maximum Gasteiger partial charge on any atom is 0.240 e. The molecule has 0 spiro atoms. The Bertz CT molecular complexity index is 682. The van der Waals surface area contributed by atoms with Gasteiger partial charge in [-0.2, -0.15) is 0 Å². The minimum absolute atomic E-state index is 0.185. The minimum Gasteiger partial charge on any atom is -0.311 e. The van der Waals surface area contributed by atoms with Crippen LogP contribution in [0.3, 0.4) is 0 Å². The van der Waals surface area contributed by atoms with E-state index in [1.807, 2.05) is 44.2 Å². The van der Waals surface area contributed by atoms with Gasteiger partial charge in [0.2, 0.25) is 10.0 Å². The highest BCUT2D eigenvalue weighted by molar-refractivity contribution is 7.89. The lowest BCUT2D eigenvalue weighted by atomic mass is 10.2. The van der Waals surface area contributed by atoms with Crippen molar-refractivity contribution >= 4 is 10.0 Å². The Balaban J connectivity index is 1.85. The van der Waals surface area contributed by atoms with E-state index >= 15 is 0 Å². The summed E-state index contributed by atoms with van der Waals surface area (Å²) in [6.45, 7) is 5.07. The minimum atomic E-state index is -3.46. The Morgan fingerprint density at radius 3 is 2.27 bits per heavy atom. The van der Waals surface area contributed by atoms with E-state index in [4.69, 9.17) is 0 Å². The predicted octanol–water partition coefficient (Wildman–Crippen LogP) is 2.45. The van der Waals surface area contributed by atoms with Gasteiger partial charge in [0.1, 0.15) is 0 Å². The Labute approximate surface area is 132 Å². The van der Waals surface area contributed by atoms with Gasteiger partial charge in [-0.25, -0.2) is 13.1 Å². The lowest BCUT2D eigenvalue weighted by Crippen LogP contribution is -2.39. The van der Waals surface area contributed by atoms with Gasteiger partial charge in [-0.1, -0.05) is 48.0 Å². The van der Waals surface area contributed by atoms with Crippen LogP contribution < -0.4 is 10.0 Å². The van der Waals surface area contributed by atoms with Crippen molar-refractivity contribution < 1.29 is 8.42 Å². The van der Waals surface area contributed by atoms with Crippen LogP contribution in [0.15, 0.2) is 59.5 Å². The first-order valence-corrected chi connectivity index (χ1v) is 8.79. The van der Waals surface area contributed by atoms with Crippen LogP contribution in [0.1, 0.15) is 18.1 Å². The molecule has 0 saturated heterocycles. The number of hydrogen-bond donors (Lipinski definition) is 2. The molecule has 0 amide bonds. The molecule has 0 bridgehead atoms. The number of aryl methyl sites for hydroxylation is 1. The van der Waals surface area contributed by atoms with Gasteiger partial charge in [0.25, 0.3) is 0 Å². The quantitative estimate of drug-likeness (QED) is 0.824. The summed E-state index contributed by atoms with van der Waals surface area (Å²) >= 11 is 0. The SMILES string of the molecule is Cc1ccc(S(=O)(=O)N[C@@H](C)CNCc2ccccc2)cc1. The van der Waals surface area contributed by atoms with E-state index < -0.39 is 10.0 Å². The van der Waals surface area contributed by atoms with Crippen molar-refractivity contribution in [1.29, 1.82) is 0 Å². The molecule has 0 aliphatic carbocycles.